The van der Waals surface area contributed by atoms with Gasteiger partial charge in [0.05, 0.1) is 11.9 Å². The molecule has 0 aliphatic heterocycles. The SMILES string of the molecule is FN(F)C(F)(F)C(F)(F)C(F)(F)C(F)(F)C(F)(F)C(F)(F)C(F)(F)C(F)(F)C(F)(F)F.NCC(F)(F)C(F)(F)C(F)(F)C(F)(F)C(F)(F)C(F)(F)C(F)(F)C(F)(F)F. The van der Waals surface area contributed by atoms with Gasteiger partial charge >= 0.3 is 101 Å². The summed E-state index contributed by atoms with van der Waals surface area (Å²) in [5.74, 6) is -118. The summed E-state index contributed by atoms with van der Waals surface area (Å²) in [6.45, 7) is -2.95. The van der Waals surface area contributed by atoms with Crippen LogP contribution in [0, 0.1) is 0 Å². The number of alkyl halides is 36. The molecule has 352 valence electrons. The summed E-state index contributed by atoms with van der Waals surface area (Å²) in [7, 11) is 0. The minimum atomic E-state index is -9.13. The first-order chi connectivity index (χ1) is 24.3. The zero-order valence-electron chi connectivity index (χ0n) is 24.6. The van der Waals surface area contributed by atoms with E-state index >= 15 is 0 Å². The first-order valence-electron chi connectivity index (χ1n) is 11.9. The van der Waals surface area contributed by atoms with Crippen molar-refractivity contribution in [2.45, 2.75) is 101 Å². The molecule has 0 aromatic heterocycles. The molecule has 0 aromatic rings. The average molecular weight is 970 g/mol. The molecule has 0 unspecified atom stereocenters. The number of halogens is 38. The molecule has 0 radical (unpaired) electrons. The summed E-state index contributed by atoms with van der Waals surface area (Å²) in [4.78, 5) is 0. The lowest BCUT2D eigenvalue weighted by Crippen LogP contribution is -2.76. The summed E-state index contributed by atoms with van der Waals surface area (Å²) in [5, 5.41) is -4.33. The van der Waals surface area contributed by atoms with Gasteiger partial charge in [0.2, 0.25) is 0 Å². The fraction of sp³-hybridized carbons (Fsp3) is 1.00. The number of nitrogens with two attached hydrogens (primary N) is 1. The average Bonchev–Trinajstić information content (AvgIpc) is 2.98. The van der Waals surface area contributed by atoms with Crippen molar-refractivity contribution < 1.29 is 167 Å². The molecule has 0 aliphatic rings. The number of rotatable bonds is 15. The van der Waals surface area contributed by atoms with Crippen LogP contribution < -0.4 is 5.73 Å². The second kappa shape index (κ2) is 14.4. The number of hydrogen-bond acceptors (Lipinski definition) is 2. The van der Waals surface area contributed by atoms with E-state index in [0.29, 0.717) is 0 Å². The summed E-state index contributed by atoms with van der Waals surface area (Å²) < 4.78 is 478. The molecule has 2 N–H and O–H groups in total. The van der Waals surface area contributed by atoms with Gasteiger partial charge in [-0.1, -0.05) is 8.96 Å². The van der Waals surface area contributed by atoms with Crippen LogP contribution in [-0.4, -0.2) is 113 Å². The van der Waals surface area contributed by atoms with Crippen molar-refractivity contribution in [1.82, 2.24) is 5.34 Å². The maximum absolute atomic E-state index is 13.1. The molecule has 0 aliphatic carbocycles. The molecule has 0 spiro atoms. The van der Waals surface area contributed by atoms with E-state index in [1.807, 2.05) is 0 Å². The second-order valence-electron chi connectivity index (χ2n) is 10.1. The topological polar surface area (TPSA) is 29.3 Å². The zero-order valence-corrected chi connectivity index (χ0v) is 24.6. The Kier molecular flexibility index (Phi) is 14.3. The molecule has 40 heteroatoms. The standard InChI is InChI=1S/C9F21N.C9H4F17N/c10-1(11,2(12,13)4(16,17)6(20,21)8(24,25)26)3(14,15)5(18,19)7(22,23)9(27,28)31(29)30;10-2(11,1-27)3(12,13)4(14,15)5(16,17)6(18,19)7(20,21)8(22,23)9(24,25)26/h;1,27H2. The smallest absolute Gasteiger partial charge is 0.325 e. The maximum Gasteiger partial charge on any atom is 0.460 e. The van der Waals surface area contributed by atoms with E-state index in [-0.39, 0.29) is 0 Å². The normalized spacial score (nSPS) is 16.8. The molecular weight excluding hydrogens is 966 g/mol. The van der Waals surface area contributed by atoms with Crippen molar-refractivity contribution in [3.05, 3.63) is 0 Å². The predicted molar refractivity (Wildman–Crippen MR) is 99.4 cm³/mol. The Morgan fingerprint density at radius 3 is 0.552 bits per heavy atom. The third-order valence-electron chi connectivity index (χ3n) is 6.36. The Bertz CT molecular complexity index is 1410. The Labute approximate surface area is 287 Å². The summed E-state index contributed by atoms with van der Waals surface area (Å²) >= 11 is 0. The molecule has 0 atom stereocenters. The van der Waals surface area contributed by atoms with Crippen molar-refractivity contribution in [3.63, 3.8) is 0 Å². The van der Waals surface area contributed by atoms with Gasteiger partial charge in [0.25, 0.3) is 0 Å². The van der Waals surface area contributed by atoms with Crippen molar-refractivity contribution in [1.29, 1.82) is 0 Å². The highest BCUT2D eigenvalue weighted by molar-refractivity contribution is 5.17. The van der Waals surface area contributed by atoms with E-state index in [2.05, 4.69) is 5.73 Å². The predicted octanol–water partition coefficient (Wildman–Crippen LogP) is 11.6. The molecule has 0 saturated carbocycles. The molecule has 0 rings (SSSR count). The van der Waals surface area contributed by atoms with Gasteiger partial charge in [0, 0.05) is 0 Å². The van der Waals surface area contributed by atoms with E-state index in [0.717, 1.165) is 0 Å². The second-order valence-corrected chi connectivity index (χ2v) is 10.1. The highest BCUT2D eigenvalue weighted by atomic mass is 19.5. The Morgan fingerprint density at radius 1 is 0.241 bits per heavy atom. The van der Waals surface area contributed by atoms with Gasteiger partial charge < -0.3 is 5.73 Å². The Balaban J connectivity index is 0. The molecule has 0 saturated heterocycles. The van der Waals surface area contributed by atoms with Crippen LogP contribution in [0.2, 0.25) is 0 Å². The minimum Gasteiger partial charge on any atom is -0.325 e. The fourth-order valence-electron chi connectivity index (χ4n) is 2.78. The fourth-order valence-corrected chi connectivity index (χ4v) is 2.78. The summed E-state index contributed by atoms with van der Waals surface area (Å²) in [6.07, 6.45) is -15.7. The lowest BCUT2D eigenvalue weighted by molar-refractivity contribution is -0.488. The molecular formula is C18H4F38N2. The summed E-state index contributed by atoms with van der Waals surface area (Å²) in [5.41, 5.74) is 3.84. The molecule has 0 amide bonds. The Hall–Kier alpha value is -2.74. The van der Waals surface area contributed by atoms with Gasteiger partial charge in [-0.25, -0.2) is 0 Å². The van der Waals surface area contributed by atoms with Crippen LogP contribution in [0.3, 0.4) is 0 Å². The monoisotopic (exact) mass is 970 g/mol. The first kappa shape index (κ1) is 57.4. The van der Waals surface area contributed by atoms with Crippen LogP contribution in [0.4, 0.5) is 167 Å². The Morgan fingerprint density at radius 2 is 0.397 bits per heavy atom. The van der Waals surface area contributed by atoms with Crippen LogP contribution in [-0.2, 0) is 0 Å². The molecule has 0 bridgehead atoms. The zero-order chi connectivity index (χ0) is 48.8. The van der Waals surface area contributed by atoms with Crippen molar-refractivity contribution in [2.75, 3.05) is 6.54 Å². The molecule has 0 heterocycles. The van der Waals surface area contributed by atoms with Crippen molar-refractivity contribution >= 4 is 0 Å². The lowest BCUT2D eigenvalue weighted by Gasteiger charge is -2.43. The number of nitrogens with zero attached hydrogens (tertiary/aromatic N) is 1. The minimum absolute atomic E-state index is 2.95. The van der Waals surface area contributed by atoms with Gasteiger partial charge in [0.1, 0.15) is 0 Å². The van der Waals surface area contributed by atoms with E-state index in [9.17, 15) is 167 Å². The maximum atomic E-state index is 13.1. The van der Waals surface area contributed by atoms with Gasteiger partial charge in [-0.05, 0) is 0 Å². The largest absolute Gasteiger partial charge is 0.460 e. The van der Waals surface area contributed by atoms with E-state index < -0.39 is 113 Å². The van der Waals surface area contributed by atoms with Crippen LogP contribution in [0.15, 0.2) is 0 Å². The van der Waals surface area contributed by atoms with Gasteiger partial charge in [0.15, 0.2) is 0 Å². The van der Waals surface area contributed by atoms with Crippen LogP contribution in [0.25, 0.3) is 0 Å². The molecule has 58 heavy (non-hydrogen) atoms. The van der Waals surface area contributed by atoms with E-state index in [1.165, 1.54) is 0 Å². The third kappa shape index (κ3) is 7.29. The molecule has 0 fully saturated rings. The quantitative estimate of drug-likeness (QED) is 0.101. The lowest BCUT2D eigenvalue weighted by atomic mass is 9.88. The van der Waals surface area contributed by atoms with Crippen LogP contribution in [0.5, 0.6) is 0 Å². The molecule has 2 nitrogen and oxygen atoms in total. The highest BCUT2D eigenvalue weighted by Crippen LogP contribution is 2.66. The van der Waals surface area contributed by atoms with Crippen LogP contribution >= 0.6 is 0 Å². The summed E-state index contributed by atoms with van der Waals surface area (Å²) in [6, 6.07) is -7.93. The third-order valence-corrected chi connectivity index (χ3v) is 6.36. The van der Waals surface area contributed by atoms with Crippen molar-refractivity contribution in [2.24, 2.45) is 5.73 Å². The van der Waals surface area contributed by atoms with Gasteiger partial charge in [-0.2, -0.15) is 158 Å². The van der Waals surface area contributed by atoms with Crippen LogP contribution in [0.1, 0.15) is 0 Å². The first-order valence-corrected chi connectivity index (χ1v) is 11.9. The highest BCUT2D eigenvalue weighted by Gasteiger charge is 2.98. The van der Waals surface area contributed by atoms with E-state index in [4.69, 9.17) is 0 Å². The van der Waals surface area contributed by atoms with E-state index in [1.54, 1.807) is 0 Å². The van der Waals surface area contributed by atoms with Crippen molar-refractivity contribution in [3.8, 4) is 0 Å². The van der Waals surface area contributed by atoms with Gasteiger partial charge in [-0.15, -0.1) is 0 Å². The molecule has 0 aromatic carbocycles. The number of hydrogen-bond donors (Lipinski definition) is 1. The van der Waals surface area contributed by atoms with Gasteiger partial charge in [-0.3, -0.25) is 0 Å².